The number of carbonyl (C=O) groups is 1. The summed E-state index contributed by atoms with van der Waals surface area (Å²) in [6.07, 6.45) is 6.03. The van der Waals surface area contributed by atoms with Crippen LogP contribution in [-0.4, -0.2) is 29.8 Å². The van der Waals surface area contributed by atoms with Gasteiger partial charge in [0.15, 0.2) is 5.58 Å². The van der Waals surface area contributed by atoms with Gasteiger partial charge in [-0.05, 0) is 32.3 Å². The highest BCUT2D eigenvalue weighted by Gasteiger charge is 2.44. The molecule has 150 valence electrons. The molecule has 28 heavy (non-hydrogen) atoms. The summed E-state index contributed by atoms with van der Waals surface area (Å²) in [4.78, 5) is 17.0. The molecule has 2 aromatic rings. The highest BCUT2D eigenvalue weighted by Crippen LogP contribution is 2.48. The van der Waals surface area contributed by atoms with E-state index in [1.165, 1.54) is 6.42 Å². The Morgan fingerprint density at radius 2 is 2.11 bits per heavy atom. The maximum atomic E-state index is 12.3. The van der Waals surface area contributed by atoms with Crippen LogP contribution in [0.15, 0.2) is 10.5 Å². The second kappa shape index (κ2) is 6.61. The van der Waals surface area contributed by atoms with Crippen LogP contribution in [0.1, 0.15) is 56.9 Å². The molecule has 2 amide bonds. The number of hydrogen-bond acceptors (Lipinski definition) is 5. The highest BCUT2D eigenvalue weighted by molar-refractivity contribution is 6.35. The van der Waals surface area contributed by atoms with Crippen LogP contribution >= 0.6 is 11.6 Å². The Morgan fingerprint density at radius 3 is 2.86 bits per heavy atom. The molecular weight excluding hydrogens is 380 g/mol. The molecule has 1 aliphatic carbocycles. The average Bonchev–Trinajstić information content (AvgIpc) is 3.27. The quantitative estimate of drug-likeness (QED) is 0.718. The van der Waals surface area contributed by atoms with Crippen molar-refractivity contribution in [2.24, 2.45) is 0 Å². The number of nitrogens with one attached hydrogen (secondary N) is 3. The van der Waals surface area contributed by atoms with Crippen LogP contribution < -0.4 is 16.0 Å². The predicted molar refractivity (Wildman–Crippen MR) is 107 cm³/mol. The molecule has 8 heteroatoms. The summed E-state index contributed by atoms with van der Waals surface area (Å²) < 4.78 is 11.7. The van der Waals surface area contributed by atoms with E-state index in [9.17, 15) is 4.79 Å². The van der Waals surface area contributed by atoms with Crippen LogP contribution in [0, 0.1) is 0 Å². The normalized spacial score (nSPS) is 26.3. The maximum absolute atomic E-state index is 12.3. The van der Waals surface area contributed by atoms with Crippen molar-refractivity contribution in [3.63, 3.8) is 0 Å². The van der Waals surface area contributed by atoms with E-state index in [-0.39, 0.29) is 11.6 Å². The van der Waals surface area contributed by atoms with E-state index in [4.69, 9.17) is 20.8 Å². The van der Waals surface area contributed by atoms with Crippen molar-refractivity contribution in [2.45, 2.75) is 63.1 Å². The Bertz CT molecular complexity index is 929. The van der Waals surface area contributed by atoms with Crippen molar-refractivity contribution in [3.8, 4) is 0 Å². The number of urea groups is 1. The number of carbonyl (C=O) groups excluding carboxylic acids is 1. The molecule has 0 radical (unpaired) electrons. The van der Waals surface area contributed by atoms with Gasteiger partial charge >= 0.3 is 6.03 Å². The molecular formula is C20H25ClN4O3. The van der Waals surface area contributed by atoms with E-state index in [1.807, 2.05) is 0 Å². The van der Waals surface area contributed by atoms with Crippen molar-refractivity contribution in [2.75, 3.05) is 18.5 Å². The molecule has 3 heterocycles. The van der Waals surface area contributed by atoms with Crippen LogP contribution in [-0.2, 0) is 16.8 Å². The van der Waals surface area contributed by atoms with E-state index >= 15 is 0 Å². The largest absolute Gasteiger partial charge is 0.439 e. The molecule has 1 saturated carbocycles. The summed E-state index contributed by atoms with van der Waals surface area (Å²) in [6.45, 7) is 4.13. The van der Waals surface area contributed by atoms with Crippen LogP contribution in [0.4, 0.5) is 10.5 Å². The van der Waals surface area contributed by atoms with Gasteiger partial charge in [0, 0.05) is 17.7 Å². The van der Waals surface area contributed by atoms with E-state index in [0.717, 1.165) is 55.4 Å². The van der Waals surface area contributed by atoms with Crippen molar-refractivity contribution in [3.05, 3.63) is 22.5 Å². The Hall–Kier alpha value is -1.83. The summed E-state index contributed by atoms with van der Waals surface area (Å²) in [5.74, 6) is 0.621. The Labute approximate surface area is 168 Å². The minimum Gasteiger partial charge on any atom is -0.439 e. The number of benzene rings is 1. The number of anilines is 1. The van der Waals surface area contributed by atoms with Crippen LogP contribution in [0.2, 0.25) is 5.02 Å². The van der Waals surface area contributed by atoms with Gasteiger partial charge in [0.2, 0.25) is 5.89 Å². The SMILES string of the molecule is CC1(NCc2nc3cc(Cl)c4c(c3o2)C2(CCCCC2)NC(=O)N4)CCOC1. The van der Waals surface area contributed by atoms with Gasteiger partial charge < -0.3 is 25.1 Å². The smallest absolute Gasteiger partial charge is 0.319 e. The fraction of sp³-hybridized carbons (Fsp3) is 0.600. The number of hydrogen-bond donors (Lipinski definition) is 3. The van der Waals surface area contributed by atoms with Gasteiger partial charge in [-0.2, -0.15) is 0 Å². The standard InChI is InChI=1S/C20H25ClN4O3/c1-19(7-8-27-11-19)22-10-14-23-13-9-12(21)16-15(17(13)28-14)20(25-18(26)24-16)5-3-2-4-6-20/h9,22H,2-8,10-11H2,1H3,(H2,24,25,26). The summed E-state index contributed by atoms with van der Waals surface area (Å²) in [5.41, 5.74) is 2.57. The van der Waals surface area contributed by atoms with Crippen molar-refractivity contribution >= 4 is 34.4 Å². The fourth-order valence-corrected chi connectivity index (χ4v) is 5.03. The number of nitrogens with zero attached hydrogens (tertiary/aromatic N) is 1. The zero-order valence-electron chi connectivity index (χ0n) is 16.0. The minimum atomic E-state index is -0.436. The number of fused-ring (bicyclic) bond motifs is 4. The number of ether oxygens (including phenoxy) is 1. The number of oxazole rings is 1. The molecule has 0 bridgehead atoms. The third-order valence-electron chi connectivity index (χ3n) is 6.34. The Balaban J connectivity index is 1.56. The molecule has 1 unspecified atom stereocenters. The first-order valence-corrected chi connectivity index (χ1v) is 10.4. The minimum absolute atomic E-state index is 0.0577. The molecule has 1 spiro atoms. The Kier molecular flexibility index (Phi) is 4.30. The molecule has 2 fully saturated rings. The number of amides is 2. The first kappa shape index (κ1) is 18.2. The van der Waals surface area contributed by atoms with Crippen LogP contribution in [0.25, 0.3) is 11.1 Å². The number of rotatable bonds is 3. The summed E-state index contributed by atoms with van der Waals surface area (Å²) in [5, 5.41) is 10.1. The lowest BCUT2D eigenvalue weighted by molar-refractivity contribution is 0.170. The monoisotopic (exact) mass is 404 g/mol. The van der Waals surface area contributed by atoms with Gasteiger partial charge in [-0.15, -0.1) is 0 Å². The van der Waals surface area contributed by atoms with Crippen molar-refractivity contribution < 1.29 is 13.9 Å². The van der Waals surface area contributed by atoms with Crippen LogP contribution in [0.3, 0.4) is 0 Å². The van der Waals surface area contributed by atoms with E-state index < -0.39 is 5.54 Å². The Morgan fingerprint density at radius 1 is 1.29 bits per heavy atom. The maximum Gasteiger partial charge on any atom is 0.319 e. The lowest BCUT2D eigenvalue weighted by atomic mass is 9.74. The zero-order chi connectivity index (χ0) is 19.4. The highest BCUT2D eigenvalue weighted by atomic mass is 35.5. The first-order valence-electron chi connectivity index (χ1n) is 10.0. The molecule has 1 aromatic carbocycles. The number of halogens is 1. The van der Waals surface area contributed by atoms with E-state index in [0.29, 0.717) is 29.8 Å². The van der Waals surface area contributed by atoms with Crippen molar-refractivity contribution in [1.82, 2.24) is 15.6 Å². The van der Waals surface area contributed by atoms with Gasteiger partial charge in [-0.25, -0.2) is 9.78 Å². The van der Waals surface area contributed by atoms with Gasteiger partial charge in [0.25, 0.3) is 0 Å². The van der Waals surface area contributed by atoms with Gasteiger partial charge in [0.1, 0.15) is 5.52 Å². The lowest BCUT2D eigenvalue weighted by Crippen LogP contribution is -2.52. The fourth-order valence-electron chi connectivity index (χ4n) is 4.78. The van der Waals surface area contributed by atoms with E-state index in [1.54, 1.807) is 6.07 Å². The third kappa shape index (κ3) is 2.96. The molecule has 1 aromatic heterocycles. The van der Waals surface area contributed by atoms with E-state index in [2.05, 4.69) is 27.9 Å². The average molecular weight is 405 g/mol. The van der Waals surface area contributed by atoms with Gasteiger partial charge in [-0.3, -0.25) is 0 Å². The summed E-state index contributed by atoms with van der Waals surface area (Å²) >= 11 is 6.54. The van der Waals surface area contributed by atoms with Gasteiger partial charge in [-0.1, -0.05) is 30.9 Å². The molecule has 7 nitrogen and oxygen atoms in total. The molecule has 2 aliphatic heterocycles. The second-order valence-corrected chi connectivity index (χ2v) is 8.91. The molecule has 3 aliphatic rings. The molecule has 1 atom stereocenters. The topological polar surface area (TPSA) is 88.4 Å². The van der Waals surface area contributed by atoms with Gasteiger partial charge in [0.05, 0.1) is 29.4 Å². The van der Waals surface area contributed by atoms with Crippen LogP contribution in [0.5, 0.6) is 0 Å². The zero-order valence-corrected chi connectivity index (χ0v) is 16.7. The molecule has 3 N–H and O–H groups in total. The second-order valence-electron chi connectivity index (χ2n) is 8.50. The first-order chi connectivity index (χ1) is 13.5. The lowest BCUT2D eigenvalue weighted by Gasteiger charge is -2.42. The molecule has 5 rings (SSSR count). The predicted octanol–water partition coefficient (Wildman–Crippen LogP) is 4.04. The summed E-state index contributed by atoms with van der Waals surface area (Å²) in [7, 11) is 0. The third-order valence-corrected chi connectivity index (χ3v) is 6.64. The van der Waals surface area contributed by atoms with Crippen molar-refractivity contribution in [1.29, 1.82) is 0 Å². The number of aromatic nitrogens is 1. The molecule has 1 saturated heterocycles. The summed E-state index contributed by atoms with van der Waals surface area (Å²) in [6, 6.07) is 1.58.